The Balaban J connectivity index is -0.0000000831. The van der Waals surface area contributed by atoms with E-state index in [9.17, 15) is 0 Å². The van der Waals surface area contributed by atoms with Crippen LogP contribution in [0.15, 0.2) is 0 Å². The van der Waals surface area contributed by atoms with E-state index in [4.69, 9.17) is 49.7 Å². The van der Waals surface area contributed by atoms with Crippen molar-refractivity contribution in [2.45, 2.75) is 33.1 Å². The summed E-state index contributed by atoms with van der Waals surface area (Å²) in [5.74, 6) is 0. The van der Waals surface area contributed by atoms with Crippen LogP contribution >= 0.6 is 48.9 Å². The number of thiocarbonyl (C=S) groups is 4. The van der Waals surface area contributed by atoms with Crippen molar-refractivity contribution in [3.63, 3.8) is 0 Å². The summed E-state index contributed by atoms with van der Waals surface area (Å²) in [6.07, 6.45) is 3.41. The SMILES string of the molecule is C.S=C([S-])CCCNC(=S)[S-].S=C([S-])CCCNC(=S)[S-].[Mn+2].[Zn+2]. The third kappa shape index (κ3) is 45.4. The average Bonchev–Trinajstić information content (AvgIpc) is 2.30. The molecule has 0 heterocycles. The summed E-state index contributed by atoms with van der Waals surface area (Å²) in [7, 11) is 0. The van der Waals surface area contributed by atoms with Crippen LogP contribution in [0.5, 0.6) is 0 Å². The van der Waals surface area contributed by atoms with Gasteiger partial charge >= 0.3 is 36.5 Å². The third-order valence-corrected chi connectivity index (χ3v) is 3.05. The van der Waals surface area contributed by atoms with Crippen molar-refractivity contribution in [3.05, 3.63) is 0 Å². The van der Waals surface area contributed by atoms with Crippen LogP contribution in [0.25, 0.3) is 0 Å². The van der Waals surface area contributed by atoms with Gasteiger partial charge in [0.15, 0.2) is 0 Å². The van der Waals surface area contributed by atoms with Crippen molar-refractivity contribution in [2.24, 2.45) is 0 Å². The van der Waals surface area contributed by atoms with Gasteiger partial charge < -0.3 is 110 Å². The van der Waals surface area contributed by atoms with Crippen LogP contribution in [-0.4, -0.2) is 30.1 Å². The molecule has 23 heavy (non-hydrogen) atoms. The maximum atomic E-state index is 4.70. The van der Waals surface area contributed by atoms with Crippen molar-refractivity contribution >= 4 is 116 Å². The summed E-state index contributed by atoms with van der Waals surface area (Å²) >= 11 is 37.3. The molecule has 0 saturated carbocycles. The predicted molar refractivity (Wildman–Crippen MR) is 121 cm³/mol. The van der Waals surface area contributed by atoms with E-state index in [1.807, 2.05) is 0 Å². The molecule has 0 aliphatic carbocycles. The van der Waals surface area contributed by atoms with E-state index < -0.39 is 0 Å². The summed E-state index contributed by atoms with van der Waals surface area (Å²) in [6.45, 7) is 1.55. The van der Waals surface area contributed by atoms with Gasteiger partial charge in [-0.25, -0.2) is 0 Å². The van der Waals surface area contributed by atoms with Crippen LogP contribution in [-0.2, 0) is 87.1 Å². The van der Waals surface area contributed by atoms with Crippen molar-refractivity contribution in [1.29, 1.82) is 0 Å². The molecule has 0 rings (SSSR count). The molecule has 0 atom stereocenters. The Bertz CT molecular complexity index is 280. The fraction of sp³-hybridized carbons (Fsp3) is 0.636. The molecular weight excluding hydrogens is 537 g/mol. The van der Waals surface area contributed by atoms with Gasteiger partial charge in [0.25, 0.3) is 0 Å². The molecule has 0 saturated heterocycles. The Morgan fingerprint density at radius 3 is 1.13 bits per heavy atom. The van der Waals surface area contributed by atoms with Crippen LogP contribution in [0.1, 0.15) is 33.1 Å². The molecule has 0 aromatic rings. The van der Waals surface area contributed by atoms with Gasteiger partial charge in [0.1, 0.15) is 0 Å². The van der Waals surface area contributed by atoms with Gasteiger partial charge in [-0.15, -0.1) is 0 Å². The second-order valence-electron chi connectivity index (χ2n) is 3.38. The van der Waals surface area contributed by atoms with Crippen molar-refractivity contribution in [2.75, 3.05) is 13.1 Å². The molecule has 2 N–H and O–H groups in total. The summed E-state index contributed by atoms with van der Waals surface area (Å²) in [5, 5.41) is 5.68. The van der Waals surface area contributed by atoms with Crippen LogP contribution in [0, 0.1) is 0 Å². The first kappa shape index (κ1) is 36.0. The summed E-state index contributed by atoms with van der Waals surface area (Å²) in [6, 6.07) is 0. The second-order valence-corrected chi connectivity index (χ2v) is 8.02. The minimum Gasteiger partial charge on any atom is -0.433 e. The molecule has 12 heteroatoms. The first-order chi connectivity index (χ1) is 9.25. The second kappa shape index (κ2) is 26.2. The molecule has 0 aromatic heterocycles. The zero-order valence-corrected chi connectivity index (χ0v) is 22.3. The van der Waals surface area contributed by atoms with E-state index in [-0.39, 0.29) is 44.0 Å². The monoisotopic (exact) mass is 553 g/mol. The minimum absolute atomic E-state index is 0. The van der Waals surface area contributed by atoms with Crippen LogP contribution in [0.2, 0.25) is 0 Å². The van der Waals surface area contributed by atoms with E-state index in [0.717, 1.165) is 38.8 Å². The van der Waals surface area contributed by atoms with Crippen LogP contribution in [0.3, 0.4) is 0 Å². The average molecular weight is 555 g/mol. The van der Waals surface area contributed by atoms with E-state index in [2.05, 4.69) is 60.3 Å². The zero-order chi connectivity index (χ0) is 16.0. The molecular formula is C11H18MnN2S8Zn. The quantitative estimate of drug-likeness (QED) is 0.202. The Kier molecular flexibility index (Phi) is 41.0. The molecule has 0 spiro atoms. The van der Waals surface area contributed by atoms with Gasteiger partial charge in [-0.05, 0) is 25.7 Å². The Hall–Kier alpha value is 1.98. The van der Waals surface area contributed by atoms with Gasteiger partial charge in [0, 0.05) is 13.1 Å². The van der Waals surface area contributed by atoms with Crippen molar-refractivity contribution in [1.82, 2.24) is 10.6 Å². The Morgan fingerprint density at radius 1 is 0.696 bits per heavy atom. The molecule has 129 valence electrons. The molecule has 0 unspecified atom stereocenters. The summed E-state index contributed by atoms with van der Waals surface area (Å²) in [5.41, 5.74) is 0. The maximum Gasteiger partial charge on any atom is 2.00 e. The number of nitrogens with one attached hydrogen (secondary N) is 2. The van der Waals surface area contributed by atoms with E-state index in [1.165, 1.54) is 0 Å². The van der Waals surface area contributed by atoms with Crippen LogP contribution in [0.4, 0.5) is 0 Å². The standard InChI is InChI=1S/2C5H9NS4.CH4.Mn.Zn/c2*7-4(8)2-1-3-6-5(9)10;;;/h2*1-3H2,(H,7,8)(H2,6,9,10);1H4;;/q;;;2*+2/p-4. The number of hydrogen-bond donors (Lipinski definition) is 2. The molecule has 0 aromatic carbocycles. The Labute approximate surface area is 207 Å². The van der Waals surface area contributed by atoms with Crippen molar-refractivity contribution in [3.8, 4) is 0 Å². The Morgan fingerprint density at radius 2 is 0.957 bits per heavy atom. The zero-order valence-electron chi connectivity index (χ0n) is 11.6. The van der Waals surface area contributed by atoms with Crippen LogP contribution < -0.4 is 10.6 Å². The first-order valence-corrected chi connectivity index (χ1v) is 8.81. The van der Waals surface area contributed by atoms with E-state index >= 15 is 0 Å². The van der Waals surface area contributed by atoms with Gasteiger partial charge in [-0.1, -0.05) is 16.1 Å². The molecule has 0 fully saturated rings. The molecule has 0 bridgehead atoms. The van der Waals surface area contributed by atoms with E-state index in [1.54, 1.807) is 0 Å². The fourth-order valence-corrected chi connectivity index (χ4v) is 1.83. The van der Waals surface area contributed by atoms with Gasteiger partial charge in [0.05, 0.1) is 0 Å². The molecule has 0 amide bonds. The summed E-state index contributed by atoms with van der Waals surface area (Å²) in [4.78, 5) is 0. The molecule has 2 nitrogen and oxygen atoms in total. The number of hydrogen-bond acceptors (Lipinski definition) is 8. The topological polar surface area (TPSA) is 24.1 Å². The third-order valence-electron chi connectivity index (χ3n) is 1.65. The summed E-state index contributed by atoms with van der Waals surface area (Å²) < 4.78 is 2.07. The number of rotatable bonds is 8. The van der Waals surface area contributed by atoms with E-state index in [0.29, 0.717) is 17.0 Å². The van der Waals surface area contributed by atoms with Gasteiger partial charge in [0.2, 0.25) is 0 Å². The largest absolute Gasteiger partial charge is 2.00 e. The smallest absolute Gasteiger partial charge is 0.433 e. The molecule has 0 aliphatic heterocycles. The van der Waals surface area contributed by atoms with Gasteiger partial charge in [-0.3, -0.25) is 0 Å². The first-order valence-electron chi connectivity index (χ1n) is 5.55. The fourth-order valence-electron chi connectivity index (χ4n) is 0.846. The maximum absolute atomic E-state index is 4.70. The predicted octanol–water partition coefficient (Wildman–Crippen LogP) is 2.76. The minimum atomic E-state index is 0. The normalized spacial score (nSPS) is 7.65. The van der Waals surface area contributed by atoms with Gasteiger partial charge in [-0.2, -0.15) is 8.39 Å². The molecule has 0 aliphatic rings. The molecule has 1 radical (unpaired) electrons. The van der Waals surface area contributed by atoms with Crippen molar-refractivity contribution < 1.29 is 36.5 Å².